The van der Waals surface area contributed by atoms with Crippen molar-refractivity contribution in [3.05, 3.63) is 59.4 Å². The van der Waals surface area contributed by atoms with Crippen LogP contribution < -0.4 is 15.4 Å². The molecule has 5 nitrogen and oxygen atoms in total. The van der Waals surface area contributed by atoms with Crippen molar-refractivity contribution in [2.24, 2.45) is 0 Å². The number of benzene rings is 2. The van der Waals surface area contributed by atoms with E-state index >= 15 is 0 Å². The van der Waals surface area contributed by atoms with E-state index in [-0.39, 0.29) is 12.4 Å². The van der Waals surface area contributed by atoms with Crippen molar-refractivity contribution in [3.8, 4) is 5.75 Å². The van der Waals surface area contributed by atoms with Gasteiger partial charge in [-0.3, -0.25) is 9.59 Å². The minimum Gasteiger partial charge on any atom is -0.466 e. The molecule has 0 aliphatic carbocycles. The third-order valence-electron chi connectivity index (χ3n) is 3.93. The second-order valence-electron chi connectivity index (χ2n) is 5.90. The van der Waals surface area contributed by atoms with Gasteiger partial charge in [0.25, 0.3) is 17.4 Å². The molecule has 0 aromatic heterocycles. The topological polar surface area (TPSA) is 67.4 Å². The van der Waals surface area contributed by atoms with E-state index in [1.807, 2.05) is 13.0 Å². The van der Waals surface area contributed by atoms with Gasteiger partial charge in [-0.25, -0.2) is 4.39 Å². The Kier molecular flexibility index (Phi) is 3.97. The van der Waals surface area contributed by atoms with Crippen molar-refractivity contribution in [2.45, 2.75) is 26.0 Å². The van der Waals surface area contributed by atoms with E-state index < -0.39 is 17.4 Å². The molecule has 1 heterocycles. The molecule has 2 aromatic rings. The van der Waals surface area contributed by atoms with E-state index in [4.69, 9.17) is 4.74 Å². The molecule has 124 valence electrons. The summed E-state index contributed by atoms with van der Waals surface area (Å²) in [5.74, 6) is -0.994. The Bertz CT molecular complexity index is 804. The highest BCUT2D eigenvalue weighted by Gasteiger charge is 2.47. The number of hydrogen-bond donors (Lipinski definition) is 2. The first kappa shape index (κ1) is 16.0. The Morgan fingerprint density at radius 3 is 2.67 bits per heavy atom. The van der Waals surface area contributed by atoms with Gasteiger partial charge in [0.15, 0.2) is 0 Å². The lowest BCUT2D eigenvalue weighted by molar-refractivity contribution is -0.146. The molecule has 24 heavy (non-hydrogen) atoms. The standard InChI is InChI=1S/C18H17FN2O3/c1-11-3-8-15-14(9-11)21-17(23)18(2,24-15)16(22)20-10-12-4-6-13(19)7-5-12/h3-9H,10H2,1-2H3,(H,20,22)(H,21,23)/t18-/m1/s1. The van der Waals surface area contributed by atoms with Crippen LogP contribution in [-0.4, -0.2) is 17.4 Å². The highest BCUT2D eigenvalue weighted by molar-refractivity contribution is 6.15. The van der Waals surface area contributed by atoms with Gasteiger partial charge in [0, 0.05) is 6.54 Å². The lowest BCUT2D eigenvalue weighted by Gasteiger charge is -2.33. The SMILES string of the molecule is Cc1ccc2c(c1)NC(=O)[C@@](C)(C(=O)NCc1ccc(F)cc1)O2. The van der Waals surface area contributed by atoms with Crippen molar-refractivity contribution in [2.75, 3.05) is 5.32 Å². The highest BCUT2D eigenvalue weighted by Crippen LogP contribution is 2.34. The van der Waals surface area contributed by atoms with E-state index in [9.17, 15) is 14.0 Å². The summed E-state index contributed by atoms with van der Waals surface area (Å²) in [7, 11) is 0. The number of fused-ring (bicyclic) bond motifs is 1. The van der Waals surface area contributed by atoms with Gasteiger partial charge in [-0.15, -0.1) is 0 Å². The first-order valence-corrected chi connectivity index (χ1v) is 7.52. The second-order valence-corrected chi connectivity index (χ2v) is 5.90. The summed E-state index contributed by atoms with van der Waals surface area (Å²) in [5, 5.41) is 5.36. The fraction of sp³-hybridized carbons (Fsp3) is 0.222. The number of amides is 2. The maximum Gasteiger partial charge on any atom is 0.278 e. The van der Waals surface area contributed by atoms with Crippen molar-refractivity contribution < 1.29 is 18.7 Å². The van der Waals surface area contributed by atoms with Gasteiger partial charge in [0.05, 0.1) is 5.69 Å². The van der Waals surface area contributed by atoms with Crippen LogP contribution in [0.2, 0.25) is 0 Å². The quantitative estimate of drug-likeness (QED) is 0.851. The molecule has 0 saturated heterocycles. The zero-order chi connectivity index (χ0) is 17.3. The Labute approximate surface area is 138 Å². The lowest BCUT2D eigenvalue weighted by Crippen LogP contribution is -2.58. The van der Waals surface area contributed by atoms with E-state index in [0.717, 1.165) is 11.1 Å². The predicted octanol–water partition coefficient (Wildman–Crippen LogP) is 2.54. The van der Waals surface area contributed by atoms with Crippen LogP contribution in [0.3, 0.4) is 0 Å². The molecule has 2 N–H and O–H groups in total. The average Bonchev–Trinajstić information content (AvgIpc) is 2.55. The summed E-state index contributed by atoms with van der Waals surface area (Å²) in [4.78, 5) is 24.8. The molecule has 2 amide bonds. The van der Waals surface area contributed by atoms with E-state index in [1.165, 1.54) is 19.1 Å². The summed E-state index contributed by atoms with van der Waals surface area (Å²) >= 11 is 0. The molecule has 1 aliphatic heterocycles. The van der Waals surface area contributed by atoms with Gasteiger partial charge in [-0.1, -0.05) is 18.2 Å². The van der Waals surface area contributed by atoms with Crippen molar-refractivity contribution in [1.29, 1.82) is 0 Å². The number of rotatable bonds is 3. The molecule has 1 atom stereocenters. The van der Waals surface area contributed by atoms with Gasteiger partial charge < -0.3 is 15.4 Å². The van der Waals surface area contributed by atoms with Crippen LogP contribution in [0.5, 0.6) is 5.75 Å². The summed E-state index contributed by atoms with van der Waals surface area (Å²) in [6.07, 6.45) is 0. The van der Waals surface area contributed by atoms with E-state index in [2.05, 4.69) is 10.6 Å². The smallest absolute Gasteiger partial charge is 0.278 e. The minimum absolute atomic E-state index is 0.173. The third kappa shape index (κ3) is 2.95. The Balaban J connectivity index is 1.74. The molecule has 0 saturated carbocycles. The monoisotopic (exact) mass is 328 g/mol. The minimum atomic E-state index is -1.66. The predicted molar refractivity (Wildman–Crippen MR) is 87.1 cm³/mol. The number of hydrogen-bond acceptors (Lipinski definition) is 3. The summed E-state index contributed by atoms with van der Waals surface area (Å²) in [6, 6.07) is 11.1. The Morgan fingerprint density at radius 2 is 1.96 bits per heavy atom. The zero-order valence-corrected chi connectivity index (χ0v) is 13.4. The van der Waals surface area contributed by atoms with Gasteiger partial charge in [-0.2, -0.15) is 0 Å². The van der Waals surface area contributed by atoms with Crippen molar-refractivity contribution in [3.63, 3.8) is 0 Å². The lowest BCUT2D eigenvalue weighted by atomic mass is 10.0. The third-order valence-corrected chi connectivity index (χ3v) is 3.93. The van der Waals surface area contributed by atoms with Crippen LogP contribution in [0.1, 0.15) is 18.1 Å². The van der Waals surface area contributed by atoms with Crippen LogP contribution >= 0.6 is 0 Å². The summed E-state index contributed by atoms with van der Waals surface area (Å²) < 4.78 is 18.6. The van der Waals surface area contributed by atoms with Gasteiger partial charge in [0.2, 0.25) is 0 Å². The number of anilines is 1. The fourth-order valence-electron chi connectivity index (χ4n) is 2.44. The number of nitrogens with one attached hydrogen (secondary N) is 2. The van der Waals surface area contributed by atoms with Gasteiger partial charge in [-0.05, 0) is 49.2 Å². The van der Waals surface area contributed by atoms with Gasteiger partial charge in [0.1, 0.15) is 11.6 Å². The maximum absolute atomic E-state index is 12.9. The molecule has 3 rings (SSSR count). The molecule has 0 unspecified atom stereocenters. The average molecular weight is 328 g/mol. The van der Waals surface area contributed by atoms with Crippen LogP contribution in [0.15, 0.2) is 42.5 Å². The number of halogens is 1. The second kappa shape index (κ2) is 5.96. The highest BCUT2D eigenvalue weighted by atomic mass is 19.1. The first-order valence-electron chi connectivity index (χ1n) is 7.52. The van der Waals surface area contributed by atoms with E-state index in [1.54, 1.807) is 24.3 Å². The zero-order valence-electron chi connectivity index (χ0n) is 13.4. The van der Waals surface area contributed by atoms with Crippen LogP contribution in [0.4, 0.5) is 10.1 Å². The molecule has 0 radical (unpaired) electrons. The molecule has 0 bridgehead atoms. The Morgan fingerprint density at radius 1 is 1.25 bits per heavy atom. The van der Waals surface area contributed by atoms with Crippen molar-refractivity contribution in [1.82, 2.24) is 5.32 Å². The molecular formula is C18H17FN2O3. The molecule has 0 spiro atoms. The molecule has 0 fully saturated rings. The summed E-state index contributed by atoms with van der Waals surface area (Å²) in [5.41, 5.74) is 0.578. The van der Waals surface area contributed by atoms with Crippen LogP contribution in [0.25, 0.3) is 0 Å². The van der Waals surface area contributed by atoms with Crippen molar-refractivity contribution >= 4 is 17.5 Å². The number of carbonyl (C=O) groups excluding carboxylic acids is 2. The van der Waals surface area contributed by atoms with Gasteiger partial charge >= 0.3 is 0 Å². The number of aryl methyl sites for hydroxylation is 1. The molecule has 6 heteroatoms. The molecule has 2 aromatic carbocycles. The summed E-state index contributed by atoms with van der Waals surface area (Å²) in [6.45, 7) is 3.49. The number of carbonyl (C=O) groups is 2. The van der Waals surface area contributed by atoms with Crippen LogP contribution in [0, 0.1) is 12.7 Å². The number of ether oxygens (including phenoxy) is 1. The molecular weight excluding hydrogens is 311 g/mol. The first-order chi connectivity index (χ1) is 11.4. The fourth-order valence-corrected chi connectivity index (χ4v) is 2.44. The molecule has 1 aliphatic rings. The largest absolute Gasteiger partial charge is 0.466 e. The Hall–Kier alpha value is -2.89. The van der Waals surface area contributed by atoms with E-state index in [0.29, 0.717) is 11.4 Å². The normalized spacial score (nSPS) is 19.0. The van der Waals surface area contributed by atoms with Crippen LogP contribution in [-0.2, 0) is 16.1 Å². The maximum atomic E-state index is 12.9.